The number of amides is 2. The Morgan fingerprint density at radius 3 is 2.21 bits per heavy atom. The molecule has 0 heterocycles. The van der Waals surface area contributed by atoms with Gasteiger partial charge >= 0.3 is 0 Å². The van der Waals surface area contributed by atoms with E-state index in [2.05, 4.69) is 5.32 Å². The molecular weight excluding hydrogens is 262 g/mol. The molecule has 0 aliphatic rings. The zero-order valence-electron chi connectivity index (χ0n) is 12.4. The van der Waals surface area contributed by atoms with E-state index in [9.17, 15) is 9.59 Å². The van der Waals surface area contributed by atoms with Gasteiger partial charge in [-0.15, -0.1) is 0 Å². The number of carbonyl (C=O) groups is 2. The minimum absolute atomic E-state index is 0.0334. The lowest BCUT2D eigenvalue weighted by atomic mass is 9.85. The Morgan fingerprint density at radius 1 is 1.37 bits per heavy atom. The summed E-state index contributed by atoms with van der Waals surface area (Å²) >= 11 is 4.99. The Balaban J connectivity index is 4.91. The van der Waals surface area contributed by atoms with Gasteiger partial charge in [0.25, 0.3) is 0 Å². The van der Waals surface area contributed by atoms with Crippen molar-refractivity contribution in [3.8, 4) is 0 Å². The molecule has 0 rings (SSSR count). The third-order valence-corrected chi connectivity index (χ3v) is 3.63. The fourth-order valence-electron chi connectivity index (χ4n) is 1.65. The highest BCUT2D eigenvalue weighted by atomic mass is 32.1. The van der Waals surface area contributed by atoms with Crippen LogP contribution in [0.3, 0.4) is 0 Å². The molecule has 3 N–H and O–H groups in total. The maximum absolute atomic E-state index is 12.5. The van der Waals surface area contributed by atoms with Crippen LogP contribution in [0.5, 0.6) is 0 Å². The van der Waals surface area contributed by atoms with Crippen molar-refractivity contribution in [2.75, 3.05) is 13.1 Å². The van der Waals surface area contributed by atoms with E-state index >= 15 is 0 Å². The van der Waals surface area contributed by atoms with Crippen molar-refractivity contribution in [3.63, 3.8) is 0 Å². The summed E-state index contributed by atoms with van der Waals surface area (Å²) in [5, 5.41) is 2.76. The third-order valence-electron chi connectivity index (χ3n) is 3.18. The van der Waals surface area contributed by atoms with Gasteiger partial charge < -0.3 is 16.0 Å². The highest BCUT2D eigenvalue weighted by Gasteiger charge is 2.38. The summed E-state index contributed by atoms with van der Waals surface area (Å²) in [6, 6.07) is 0.0504. The number of rotatable bonds is 7. The van der Waals surface area contributed by atoms with Gasteiger partial charge in [-0.05, 0) is 34.1 Å². The minimum atomic E-state index is -0.885. The molecule has 0 saturated carbocycles. The van der Waals surface area contributed by atoms with Crippen molar-refractivity contribution in [3.05, 3.63) is 0 Å². The lowest BCUT2D eigenvalue weighted by Gasteiger charge is -2.32. The van der Waals surface area contributed by atoms with Gasteiger partial charge in [0, 0.05) is 12.6 Å². The second kappa shape index (κ2) is 7.43. The van der Waals surface area contributed by atoms with E-state index < -0.39 is 5.41 Å². The SMILES string of the molecule is CCN(CC(=O)NC(C)C)C(=O)C(C)(CC)C(N)=S. The number of likely N-dealkylation sites (N-methyl/N-ethyl adjacent to an activating group) is 1. The molecule has 0 aromatic heterocycles. The minimum Gasteiger partial charge on any atom is -0.392 e. The molecule has 0 fully saturated rings. The average Bonchev–Trinajstić information content (AvgIpc) is 2.32. The molecule has 2 amide bonds. The highest BCUT2D eigenvalue weighted by molar-refractivity contribution is 7.80. The Bertz CT molecular complexity index is 358. The first kappa shape index (κ1) is 17.8. The first-order valence-corrected chi connectivity index (χ1v) is 6.98. The number of thiocarbonyl (C=S) groups is 1. The van der Waals surface area contributed by atoms with Crippen molar-refractivity contribution < 1.29 is 9.59 Å². The molecule has 6 heteroatoms. The molecule has 0 aliphatic heterocycles. The van der Waals surface area contributed by atoms with Crippen molar-refractivity contribution in [2.24, 2.45) is 11.1 Å². The summed E-state index contributed by atoms with van der Waals surface area (Å²) in [7, 11) is 0. The number of hydrogen-bond donors (Lipinski definition) is 2. The fraction of sp³-hybridized carbons (Fsp3) is 0.769. The normalized spacial score (nSPS) is 13.8. The van der Waals surface area contributed by atoms with Crippen LogP contribution in [0.2, 0.25) is 0 Å². The van der Waals surface area contributed by atoms with Crippen LogP contribution >= 0.6 is 12.2 Å². The number of nitrogens with zero attached hydrogens (tertiary/aromatic N) is 1. The molecule has 1 unspecified atom stereocenters. The summed E-state index contributed by atoms with van der Waals surface area (Å²) in [4.78, 5) is 25.9. The van der Waals surface area contributed by atoms with E-state index in [1.165, 1.54) is 4.90 Å². The molecule has 0 bridgehead atoms. The maximum atomic E-state index is 12.5. The van der Waals surface area contributed by atoms with Gasteiger partial charge in [-0.3, -0.25) is 9.59 Å². The van der Waals surface area contributed by atoms with Crippen LogP contribution < -0.4 is 11.1 Å². The van der Waals surface area contributed by atoms with E-state index in [0.717, 1.165) is 0 Å². The van der Waals surface area contributed by atoms with Gasteiger partial charge in [0.1, 0.15) is 0 Å². The molecule has 5 nitrogen and oxygen atoms in total. The van der Waals surface area contributed by atoms with E-state index in [1.807, 2.05) is 27.7 Å². The van der Waals surface area contributed by atoms with Crippen molar-refractivity contribution in [1.82, 2.24) is 10.2 Å². The average molecular weight is 287 g/mol. The highest BCUT2D eigenvalue weighted by Crippen LogP contribution is 2.24. The van der Waals surface area contributed by atoms with Crippen LogP contribution in [0.1, 0.15) is 41.0 Å². The van der Waals surface area contributed by atoms with E-state index in [0.29, 0.717) is 13.0 Å². The monoisotopic (exact) mass is 287 g/mol. The van der Waals surface area contributed by atoms with Gasteiger partial charge in [-0.2, -0.15) is 0 Å². The van der Waals surface area contributed by atoms with Crippen LogP contribution in [0.15, 0.2) is 0 Å². The molecule has 110 valence electrons. The summed E-state index contributed by atoms with van der Waals surface area (Å²) in [5.74, 6) is -0.365. The van der Waals surface area contributed by atoms with Crippen LogP contribution in [0, 0.1) is 5.41 Å². The molecule has 19 heavy (non-hydrogen) atoms. The standard InChI is InChI=1S/C13H25N3O2S/c1-6-13(5,11(14)19)12(18)16(7-2)8-10(17)15-9(3)4/h9H,6-8H2,1-5H3,(H2,14,19)(H,15,17). The van der Waals surface area contributed by atoms with Crippen LogP contribution in [-0.2, 0) is 9.59 Å². The van der Waals surface area contributed by atoms with Gasteiger partial charge in [-0.1, -0.05) is 19.1 Å². The summed E-state index contributed by atoms with van der Waals surface area (Å²) in [6.45, 7) is 9.65. The largest absolute Gasteiger partial charge is 0.392 e. The topological polar surface area (TPSA) is 75.4 Å². The predicted octanol–water partition coefficient (Wildman–Crippen LogP) is 1.06. The molecular formula is C13H25N3O2S. The van der Waals surface area contributed by atoms with Crippen molar-refractivity contribution in [2.45, 2.75) is 47.1 Å². The number of carbonyl (C=O) groups excluding carboxylic acids is 2. The van der Waals surface area contributed by atoms with Crippen LogP contribution in [0.4, 0.5) is 0 Å². The molecule has 0 aromatic rings. The van der Waals surface area contributed by atoms with Gasteiger partial charge in [-0.25, -0.2) is 0 Å². The maximum Gasteiger partial charge on any atom is 0.239 e. The van der Waals surface area contributed by atoms with Gasteiger partial charge in [0.05, 0.1) is 16.9 Å². The lowest BCUT2D eigenvalue weighted by Crippen LogP contribution is -2.51. The first-order chi connectivity index (χ1) is 8.68. The fourth-order valence-corrected chi connectivity index (χ4v) is 1.88. The van der Waals surface area contributed by atoms with Crippen molar-refractivity contribution >= 4 is 29.0 Å². The zero-order chi connectivity index (χ0) is 15.2. The van der Waals surface area contributed by atoms with Gasteiger partial charge in [0.2, 0.25) is 11.8 Å². The zero-order valence-corrected chi connectivity index (χ0v) is 13.3. The Hall–Kier alpha value is -1.17. The summed E-state index contributed by atoms with van der Waals surface area (Å²) in [6.07, 6.45) is 0.517. The van der Waals surface area contributed by atoms with Gasteiger partial charge in [0.15, 0.2) is 0 Å². The Labute approximate surface area is 120 Å². The number of nitrogens with one attached hydrogen (secondary N) is 1. The molecule has 0 aliphatic carbocycles. The lowest BCUT2D eigenvalue weighted by molar-refractivity contribution is -0.141. The quantitative estimate of drug-likeness (QED) is 0.687. The van der Waals surface area contributed by atoms with E-state index in [4.69, 9.17) is 18.0 Å². The Kier molecular flexibility index (Phi) is 6.97. The van der Waals surface area contributed by atoms with E-state index in [-0.39, 0.29) is 29.4 Å². The predicted molar refractivity (Wildman–Crippen MR) is 80.7 cm³/mol. The Morgan fingerprint density at radius 2 is 1.89 bits per heavy atom. The van der Waals surface area contributed by atoms with E-state index in [1.54, 1.807) is 6.92 Å². The van der Waals surface area contributed by atoms with Crippen molar-refractivity contribution in [1.29, 1.82) is 0 Å². The molecule has 0 spiro atoms. The third kappa shape index (κ3) is 4.78. The second-order valence-corrected chi connectivity index (χ2v) is 5.53. The first-order valence-electron chi connectivity index (χ1n) is 6.57. The summed E-state index contributed by atoms with van der Waals surface area (Å²) < 4.78 is 0. The number of nitrogens with two attached hydrogens (primary N) is 1. The van der Waals surface area contributed by atoms with Crippen LogP contribution in [0.25, 0.3) is 0 Å². The molecule has 0 aromatic carbocycles. The summed E-state index contributed by atoms with van der Waals surface area (Å²) in [5.41, 5.74) is 4.78. The second-order valence-electron chi connectivity index (χ2n) is 5.09. The smallest absolute Gasteiger partial charge is 0.239 e. The molecule has 0 saturated heterocycles. The molecule has 1 atom stereocenters. The number of hydrogen-bond acceptors (Lipinski definition) is 3. The van der Waals surface area contributed by atoms with Crippen LogP contribution in [-0.4, -0.2) is 40.8 Å². The molecule has 0 radical (unpaired) electrons.